The van der Waals surface area contributed by atoms with Gasteiger partial charge in [-0.3, -0.25) is 4.79 Å². The van der Waals surface area contributed by atoms with Crippen LogP contribution in [0.4, 0.5) is 19.3 Å². The molecule has 0 radical (unpaired) electrons. The topological polar surface area (TPSA) is 49.4 Å². The first kappa shape index (κ1) is 15.9. The van der Waals surface area contributed by atoms with Crippen molar-refractivity contribution in [1.82, 2.24) is 5.32 Å². The Morgan fingerprint density at radius 3 is 2.09 bits per heavy atom. The number of imide groups is 1. The van der Waals surface area contributed by atoms with E-state index in [9.17, 15) is 18.4 Å². The zero-order chi connectivity index (χ0) is 16.3. The lowest BCUT2D eigenvalue weighted by atomic mass is 10.1. The summed E-state index contributed by atoms with van der Waals surface area (Å²) in [7, 11) is 1.30. The van der Waals surface area contributed by atoms with Crippen molar-refractivity contribution < 1.29 is 18.4 Å². The first-order valence-corrected chi connectivity index (χ1v) is 6.59. The molecule has 2 aromatic carbocycles. The van der Waals surface area contributed by atoms with Gasteiger partial charge in [0, 0.05) is 12.1 Å². The molecule has 0 heterocycles. The third-order valence-corrected chi connectivity index (χ3v) is 3.13. The molecular formula is C15H11ClF2N2O2. The molecule has 2 rings (SSSR count). The maximum absolute atomic E-state index is 13.8. The minimum Gasteiger partial charge on any atom is -0.340 e. The number of urea groups is 1. The third-order valence-electron chi connectivity index (χ3n) is 2.88. The van der Waals surface area contributed by atoms with E-state index in [-0.39, 0.29) is 5.69 Å². The second-order valence-electron chi connectivity index (χ2n) is 4.27. The second-order valence-corrected chi connectivity index (χ2v) is 4.71. The number of carbonyl (C=O) groups excluding carboxylic acids is 2. The predicted molar refractivity (Wildman–Crippen MR) is 79.1 cm³/mol. The molecule has 0 unspecified atom stereocenters. The molecule has 0 aliphatic carbocycles. The summed E-state index contributed by atoms with van der Waals surface area (Å²) < 4.78 is 27.5. The van der Waals surface area contributed by atoms with Crippen LogP contribution in [0.2, 0.25) is 5.02 Å². The molecule has 1 N–H and O–H groups in total. The van der Waals surface area contributed by atoms with Crippen molar-refractivity contribution in [3.63, 3.8) is 0 Å². The minimum absolute atomic E-state index is 0.136. The smallest absolute Gasteiger partial charge is 0.328 e. The van der Waals surface area contributed by atoms with Gasteiger partial charge in [-0.05, 0) is 36.4 Å². The lowest BCUT2D eigenvalue weighted by molar-refractivity contribution is 0.0986. The molecule has 7 heteroatoms. The van der Waals surface area contributed by atoms with Gasteiger partial charge >= 0.3 is 6.03 Å². The van der Waals surface area contributed by atoms with Crippen molar-refractivity contribution in [2.75, 3.05) is 11.9 Å². The van der Waals surface area contributed by atoms with E-state index in [1.54, 1.807) is 0 Å². The van der Waals surface area contributed by atoms with Gasteiger partial charge in [-0.15, -0.1) is 0 Å². The monoisotopic (exact) mass is 324 g/mol. The average Bonchev–Trinajstić information content (AvgIpc) is 2.49. The number of carbonyl (C=O) groups is 2. The Balaban J connectivity index is 2.52. The summed E-state index contributed by atoms with van der Waals surface area (Å²) in [4.78, 5) is 25.0. The molecule has 0 aliphatic rings. The van der Waals surface area contributed by atoms with Crippen LogP contribution in [0.3, 0.4) is 0 Å². The van der Waals surface area contributed by atoms with E-state index >= 15 is 0 Å². The van der Waals surface area contributed by atoms with E-state index in [0.29, 0.717) is 9.92 Å². The van der Waals surface area contributed by atoms with Gasteiger partial charge in [0.1, 0.15) is 17.2 Å². The number of halogens is 3. The van der Waals surface area contributed by atoms with Crippen molar-refractivity contribution >= 4 is 29.2 Å². The quantitative estimate of drug-likeness (QED) is 0.917. The Bertz CT molecular complexity index is 700. The summed E-state index contributed by atoms with van der Waals surface area (Å²) in [6.45, 7) is 0. The maximum Gasteiger partial charge on any atom is 0.328 e. The number of hydrogen-bond acceptors (Lipinski definition) is 2. The largest absolute Gasteiger partial charge is 0.340 e. The van der Waals surface area contributed by atoms with Crippen molar-refractivity contribution in [3.8, 4) is 0 Å². The number of hydrogen-bond donors (Lipinski definition) is 1. The van der Waals surface area contributed by atoms with E-state index < -0.39 is 29.1 Å². The standard InChI is InChI=1S/C15H11ClF2N2O2/c1-19-15(22)20(10-7-5-9(16)6-8-10)14(21)13-11(17)3-2-4-12(13)18/h2-8H,1H3,(H,19,22). The highest BCUT2D eigenvalue weighted by molar-refractivity contribution is 6.30. The molecule has 0 aromatic heterocycles. The van der Waals surface area contributed by atoms with Crippen LogP contribution in [0, 0.1) is 11.6 Å². The minimum atomic E-state index is -1.11. The summed E-state index contributed by atoms with van der Waals surface area (Å²) in [5.41, 5.74) is -0.669. The van der Waals surface area contributed by atoms with Gasteiger partial charge in [-0.1, -0.05) is 17.7 Å². The van der Waals surface area contributed by atoms with Crippen LogP contribution in [0.15, 0.2) is 42.5 Å². The number of amides is 3. The van der Waals surface area contributed by atoms with E-state index in [1.807, 2.05) is 0 Å². The Kier molecular flexibility index (Phi) is 4.72. The molecule has 114 valence electrons. The number of nitrogens with one attached hydrogen (secondary N) is 1. The first-order chi connectivity index (χ1) is 10.5. The van der Waals surface area contributed by atoms with Gasteiger partial charge in [0.2, 0.25) is 0 Å². The normalized spacial score (nSPS) is 10.2. The van der Waals surface area contributed by atoms with Gasteiger partial charge in [0.25, 0.3) is 5.91 Å². The van der Waals surface area contributed by atoms with E-state index in [1.165, 1.54) is 31.3 Å². The molecular weight excluding hydrogens is 314 g/mol. The van der Waals surface area contributed by atoms with Crippen LogP contribution in [0.25, 0.3) is 0 Å². The van der Waals surface area contributed by atoms with E-state index in [0.717, 1.165) is 18.2 Å². The van der Waals surface area contributed by atoms with E-state index in [2.05, 4.69) is 5.32 Å². The summed E-state index contributed by atoms with van der Waals surface area (Å²) >= 11 is 5.75. The molecule has 0 saturated carbocycles. The predicted octanol–water partition coefficient (Wildman–Crippen LogP) is 3.60. The first-order valence-electron chi connectivity index (χ1n) is 6.21. The molecule has 3 amide bonds. The van der Waals surface area contributed by atoms with Crippen LogP contribution in [0.1, 0.15) is 10.4 Å². The third kappa shape index (κ3) is 3.07. The fraction of sp³-hybridized carbons (Fsp3) is 0.0667. The molecule has 22 heavy (non-hydrogen) atoms. The molecule has 0 fully saturated rings. The molecule has 0 atom stereocenters. The molecule has 0 bridgehead atoms. The second kappa shape index (κ2) is 6.53. The molecule has 0 aliphatic heterocycles. The van der Waals surface area contributed by atoms with Gasteiger partial charge < -0.3 is 5.32 Å². The van der Waals surface area contributed by atoms with Gasteiger partial charge in [0.15, 0.2) is 0 Å². The van der Waals surface area contributed by atoms with Crippen molar-refractivity contribution in [3.05, 3.63) is 64.7 Å². The highest BCUT2D eigenvalue weighted by Gasteiger charge is 2.28. The van der Waals surface area contributed by atoms with Crippen molar-refractivity contribution in [2.24, 2.45) is 0 Å². The highest BCUT2D eigenvalue weighted by atomic mass is 35.5. The zero-order valence-electron chi connectivity index (χ0n) is 11.4. The highest BCUT2D eigenvalue weighted by Crippen LogP contribution is 2.22. The Hall–Kier alpha value is -2.47. The van der Waals surface area contributed by atoms with Crippen LogP contribution >= 0.6 is 11.6 Å². The molecule has 2 aromatic rings. The molecule has 0 saturated heterocycles. The number of rotatable bonds is 2. The SMILES string of the molecule is CNC(=O)N(C(=O)c1c(F)cccc1F)c1ccc(Cl)cc1. The van der Waals surface area contributed by atoms with Crippen LogP contribution in [0.5, 0.6) is 0 Å². The number of benzene rings is 2. The molecule has 0 spiro atoms. The number of nitrogens with zero attached hydrogens (tertiary/aromatic N) is 1. The lowest BCUT2D eigenvalue weighted by Gasteiger charge is -2.21. The summed E-state index contributed by atoms with van der Waals surface area (Å²) in [6, 6.07) is 7.90. The number of anilines is 1. The fourth-order valence-corrected chi connectivity index (χ4v) is 1.97. The summed E-state index contributed by atoms with van der Waals surface area (Å²) in [5, 5.41) is 2.65. The molecule has 4 nitrogen and oxygen atoms in total. The Morgan fingerprint density at radius 2 is 1.59 bits per heavy atom. The van der Waals surface area contributed by atoms with Gasteiger partial charge in [0.05, 0.1) is 5.69 Å². The van der Waals surface area contributed by atoms with Crippen LogP contribution < -0.4 is 10.2 Å². The van der Waals surface area contributed by atoms with Crippen molar-refractivity contribution in [1.29, 1.82) is 0 Å². The average molecular weight is 325 g/mol. The Morgan fingerprint density at radius 1 is 1.05 bits per heavy atom. The zero-order valence-corrected chi connectivity index (χ0v) is 12.2. The van der Waals surface area contributed by atoms with Crippen molar-refractivity contribution in [2.45, 2.75) is 0 Å². The van der Waals surface area contributed by atoms with Crippen LogP contribution in [-0.4, -0.2) is 19.0 Å². The lowest BCUT2D eigenvalue weighted by Crippen LogP contribution is -2.43. The van der Waals surface area contributed by atoms with E-state index in [4.69, 9.17) is 11.6 Å². The van der Waals surface area contributed by atoms with Gasteiger partial charge in [-0.25, -0.2) is 18.5 Å². The Labute approximate surface area is 130 Å². The summed E-state index contributed by atoms with van der Waals surface area (Å²) in [6.07, 6.45) is 0. The maximum atomic E-state index is 13.8. The van der Waals surface area contributed by atoms with Crippen LogP contribution in [-0.2, 0) is 0 Å². The fourth-order valence-electron chi connectivity index (χ4n) is 1.84. The van der Waals surface area contributed by atoms with Gasteiger partial charge in [-0.2, -0.15) is 0 Å². The summed E-state index contributed by atoms with van der Waals surface area (Å²) in [5.74, 6) is -3.21.